The van der Waals surface area contributed by atoms with Crippen LogP contribution >= 0.6 is 0 Å². The van der Waals surface area contributed by atoms with E-state index in [1.54, 1.807) is 6.20 Å². The Kier molecular flexibility index (Phi) is 2.64. The molecule has 102 valence electrons. The van der Waals surface area contributed by atoms with Gasteiger partial charge in [0.25, 0.3) is 0 Å². The van der Waals surface area contributed by atoms with Crippen LogP contribution in [0.2, 0.25) is 0 Å². The first-order valence-corrected chi connectivity index (χ1v) is 6.80. The molecule has 0 N–H and O–H groups in total. The van der Waals surface area contributed by atoms with Crippen molar-refractivity contribution < 1.29 is 0 Å². The molecular formula is C16H13N5. The van der Waals surface area contributed by atoms with Crippen LogP contribution in [0.4, 0.5) is 0 Å². The summed E-state index contributed by atoms with van der Waals surface area (Å²) in [4.78, 5) is 8.85. The van der Waals surface area contributed by atoms with Crippen LogP contribution in [0.25, 0.3) is 22.1 Å². The van der Waals surface area contributed by atoms with Gasteiger partial charge in [-0.1, -0.05) is 17.3 Å². The second-order valence-corrected chi connectivity index (χ2v) is 5.07. The van der Waals surface area contributed by atoms with Gasteiger partial charge in [-0.05, 0) is 42.8 Å². The number of aromatic nitrogens is 5. The summed E-state index contributed by atoms with van der Waals surface area (Å²) in [5.41, 5.74) is 4.82. The zero-order valence-electron chi connectivity index (χ0n) is 11.6. The molecule has 0 aliphatic carbocycles. The quantitative estimate of drug-likeness (QED) is 0.564. The van der Waals surface area contributed by atoms with E-state index in [-0.39, 0.29) is 0 Å². The molecule has 5 nitrogen and oxygen atoms in total. The number of hydrogen-bond acceptors (Lipinski definition) is 4. The summed E-state index contributed by atoms with van der Waals surface area (Å²) in [5, 5.41) is 9.43. The van der Waals surface area contributed by atoms with E-state index in [0.29, 0.717) is 6.54 Å². The topological polar surface area (TPSA) is 56.5 Å². The van der Waals surface area contributed by atoms with Gasteiger partial charge in [-0.2, -0.15) is 0 Å². The van der Waals surface area contributed by atoms with Gasteiger partial charge in [0.15, 0.2) is 5.65 Å². The summed E-state index contributed by atoms with van der Waals surface area (Å²) < 4.78 is 1.82. The highest BCUT2D eigenvalue weighted by atomic mass is 15.4. The Labute approximate surface area is 121 Å². The average Bonchev–Trinajstić information content (AvgIpc) is 2.91. The molecule has 0 unspecified atom stereocenters. The van der Waals surface area contributed by atoms with E-state index in [9.17, 15) is 0 Å². The Morgan fingerprint density at radius 3 is 2.95 bits per heavy atom. The minimum atomic E-state index is 0.650. The van der Waals surface area contributed by atoms with Crippen LogP contribution in [0.15, 0.2) is 48.7 Å². The summed E-state index contributed by atoms with van der Waals surface area (Å²) in [6.07, 6.45) is 1.76. The minimum Gasteiger partial charge on any atom is -0.253 e. The summed E-state index contributed by atoms with van der Waals surface area (Å²) in [6.45, 7) is 2.65. The summed E-state index contributed by atoms with van der Waals surface area (Å²) in [7, 11) is 0. The molecule has 4 rings (SSSR count). The largest absolute Gasteiger partial charge is 0.253 e. The van der Waals surface area contributed by atoms with Crippen LogP contribution in [0.5, 0.6) is 0 Å². The monoisotopic (exact) mass is 275 g/mol. The maximum Gasteiger partial charge on any atom is 0.178 e. The van der Waals surface area contributed by atoms with Gasteiger partial charge < -0.3 is 0 Å². The number of fused-ring (bicyclic) bond motifs is 2. The predicted molar refractivity (Wildman–Crippen MR) is 80.9 cm³/mol. The second kappa shape index (κ2) is 4.63. The Morgan fingerprint density at radius 1 is 1.05 bits per heavy atom. The molecule has 5 heteroatoms. The molecule has 0 atom stereocenters. The van der Waals surface area contributed by atoms with Crippen LogP contribution in [-0.4, -0.2) is 25.0 Å². The van der Waals surface area contributed by atoms with Gasteiger partial charge in [-0.25, -0.2) is 9.67 Å². The number of nitrogens with zero attached hydrogens (tertiary/aromatic N) is 5. The van der Waals surface area contributed by atoms with Crippen LogP contribution in [-0.2, 0) is 6.54 Å². The van der Waals surface area contributed by atoms with Gasteiger partial charge in [0.05, 0.1) is 12.1 Å². The van der Waals surface area contributed by atoms with Gasteiger partial charge in [-0.3, -0.25) is 4.98 Å². The van der Waals surface area contributed by atoms with Crippen molar-refractivity contribution in [2.75, 3.05) is 0 Å². The number of rotatable bonds is 2. The molecule has 0 radical (unpaired) electrons. The summed E-state index contributed by atoms with van der Waals surface area (Å²) in [6, 6.07) is 14.2. The lowest BCUT2D eigenvalue weighted by molar-refractivity contribution is 0.664. The zero-order chi connectivity index (χ0) is 14.2. The van der Waals surface area contributed by atoms with E-state index in [0.717, 1.165) is 33.3 Å². The first-order valence-electron chi connectivity index (χ1n) is 6.80. The SMILES string of the molecule is Cc1ccc2cc(Cn3nnc4cccnc43)ccc2n1. The molecule has 4 aromatic rings. The highest BCUT2D eigenvalue weighted by molar-refractivity contribution is 5.79. The third kappa shape index (κ3) is 2.12. The lowest BCUT2D eigenvalue weighted by Gasteiger charge is -2.04. The molecule has 0 aliphatic rings. The molecule has 1 aromatic carbocycles. The van der Waals surface area contributed by atoms with Crippen molar-refractivity contribution in [3.63, 3.8) is 0 Å². The first kappa shape index (κ1) is 12.0. The average molecular weight is 275 g/mol. The fourth-order valence-electron chi connectivity index (χ4n) is 2.46. The van der Waals surface area contributed by atoms with Crippen LogP contribution in [0, 0.1) is 6.92 Å². The number of pyridine rings is 2. The second-order valence-electron chi connectivity index (χ2n) is 5.07. The standard InChI is InChI=1S/C16H13N5/c1-11-4-6-13-9-12(5-7-14(13)18-11)10-21-16-15(19-20-21)3-2-8-17-16/h2-9H,10H2,1H3. The van der Waals surface area contributed by atoms with Gasteiger partial charge >= 0.3 is 0 Å². The van der Waals surface area contributed by atoms with Crippen molar-refractivity contribution in [2.24, 2.45) is 0 Å². The zero-order valence-corrected chi connectivity index (χ0v) is 11.6. The molecule has 0 aliphatic heterocycles. The van der Waals surface area contributed by atoms with Gasteiger partial charge in [0, 0.05) is 17.3 Å². The molecule has 0 amide bonds. The highest BCUT2D eigenvalue weighted by Gasteiger charge is 2.06. The van der Waals surface area contributed by atoms with Gasteiger partial charge in [-0.15, -0.1) is 5.10 Å². The van der Waals surface area contributed by atoms with E-state index < -0.39 is 0 Å². The van der Waals surface area contributed by atoms with Crippen molar-refractivity contribution >= 4 is 22.1 Å². The normalized spacial score (nSPS) is 11.3. The van der Waals surface area contributed by atoms with E-state index in [4.69, 9.17) is 0 Å². The Bertz CT molecular complexity index is 942. The van der Waals surface area contributed by atoms with Gasteiger partial charge in [0.2, 0.25) is 0 Å². The third-order valence-corrected chi connectivity index (χ3v) is 3.50. The highest BCUT2D eigenvalue weighted by Crippen LogP contribution is 2.16. The fraction of sp³-hybridized carbons (Fsp3) is 0.125. The molecule has 3 aromatic heterocycles. The molecule has 21 heavy (non-hydrogen) atoms. The van der Waals surface area contributed by atoms with Crippen molar-refractivity contribution in [2.45, 2.75) is 13.5 Å². The molecule has 0 saturated heterocycles. The predicted octanol–water partition coefficient (Wildman–Crippen LogP) is 2.73. The number of aryl methyl sites for hydroxylation is 1. The van der Waals surface area contributed by atoms with Crippen molar-refractivity contribution in [1.29, 1.82) is 0 Å². The van der Waals surface area contributed by atoms with Crippen molar-refractivity contribution in [3.8, 4) is 0 Å². The minimum absolute atomic E-state index is 0.650. The van der Waals surface area contributed by atoms with E-state index in [1.165, 1.54) is 0 Å². The maximum atomic E-state index is 4.52. The summed E-state index contributed by atoms with van der Waals surface area (Å²) in [5.74, 6) is 0. The van der Waals surface area contributed by atoms with Gasteiger partial charge in [0.1, 0.15) is 5.52 Å². The fourth-order valence-corrected chi connectivity index (χ4v) is 2.46. The molecule has 0 fully saturated rings. The number of benzene rings is 1. The van der Waals surface area contributed by atoms with E-state index in [1.807, 2.05) is 35.9 Å². The first-order chi connectivity index (χ1) is 10.3. The third-order valence-electron chi connectivity index (χ3n) is 3.50. The number of hydrogen-bond donors (Lipinski definition) is 0. The lowest BCUT2D eigenvalue weighted by Crippen LogP contribution is -2.02. The van der Waals surface area contributed by atoms with E-state index >= 15 is 0 Å². The van der Waals surface area contributed by atoms with Crippen molar-refractivity contribution in [1.82, 2.24) is 25.0 Å². The van der Waals surface area contributed by atoms with E-state index in [2.05, 4.69) is 38.5 Å². The van der Waals surface area contributed by atoms with Crippen molar-refractivity contribution in [3.05, 3.63) is 59.9 Å². The molecule has 0 saturated carbocycles. The molecule has 0 bridgehead atoms. The molecule has 3 heterocycles. The lowest BCUT2D eigenvalue weighted by atomic mass is 10.1. The van der Waals surface area contributed by atoms with Crippen LogP contribution in [0.3, 0.4) is 0 Å². The Hall–Kier alpha value is -2.82. The Morgan fingerprint density at radius 2 is 2.00 bits per heavy atom. The molecule has 0 spiro atoms. The smallest absolute Gasteiger partial charge is 0.178 e. The van der Waals surface area contributed by atoms with Crippen LogP contribution < -0.4 is 0 Å². The van der Waals surface area contributed by atoms with Crippen LogP contribution in [0.1, 0.15) is 11.3 Å². The Balaban J connectivity index is 1.75. The molecular weight excluding hydrogens is 262 g/mol. The summed E-state index contributed by atoms with van der Waals surface area (Å²) >= 11 is 0. The maximum absolute atomic E-state index is 4.52.